The molecular weight excluding hydrogens is 361 g/mol. The van der Waals surface area contributed by atoms with E-state index < -0.39 is 0 Å². The molecule has 0 saturated heterocycles. The number of oxazole rings is 1. The van der Waals surface area contributed by atoms with Gasteiger partial charge in [-0.2, -0.15) is 4.98 Å². The third-order valence-electron chi connectivity index (χ3n) is 3.95. The summed E-state index contributed by atoms with van der Waals surface area (Å²) in [6.07, 6.45) is 7.66. The van der Waals surface area contributed by atoms with Gasteiger partial charge in [-0.15, -0.1) is 0 Å². The average molecular weight is 377 g/mol. The van der Waals surface area contributed by atoms with Gasteiger partial charge >= 0.3 is 0 Å². The van der Waals surface area contributed by atoms with E-state index in [0.717, 1.165) is 5.56 Å². The Hall–Kier alpha value is -3.88. The Kier molecular flexibility index (Phi) is 4.87. The average Bonchev–Trinajstić information content (AvgIpc) is 3.24. The van der Waals surface area contributed by atoms with Gasteiger partial charge in [0.15, 0.2) is 12.2 Å². The maximum absolute atomic E-state index is 13.2. The van der Waals surface area contributed by atoms with Crippen molar-refractivity contribution >= 4 is 17.6 Å². The fraction of sp³-hybridized carbons (Fsp3) is 0.105. The number of benzene rings is 1. The van der Waals surface area contributed by atoms with Crippen LogP contribution in [0.1, 0.15) is 18.5 Å². The molecule has 1 unspecified atom stereocenters. The molecule has 3 heterocycles. The molecule has 2 N–H and O–H groups in total. The minimum Gasteiger partial charge on any atom is -0.442 e. The van der Waals surface area contributed by atoms with Crippen LogP contribution in [-0.4, -0.2) is 24.9 Å². The number of nitrogens with zero attached hydrogens (tertiary/aromatic N) is 5. The quantitative estimate of drug-likeness (QED) is 0.520. The summed E-state index contributed by atoms with van der Waals surface area (Å²) in [5, 5.41) is 6.31. The van der Waals surface area contributed by atoms with Crippen LogP contribution in [-0.2, 0) is 0 Å². The SMILES string of the molecule is CC(Nc1nc(Nc2cnccn2)cc(-c2cnco2)n1)c1ccc(F)cc1. The molecule has 0 bridgehead atoms. The van der Waals surface area contributed by atoms with Crippen LogP contribution in [0.2, 0.25) is 0 Å². The highest BCUT2D eigenvalue weighted by Gasteiger charge is 2.13. The van der Waals surface area contributed by atoms with Gasteiger partial charge in [0, 0.05) is 18.5 Å². The first-order valence-electron chi connectivity index (χ1n) is 8.50. The molecule has 140 valence electrons. The van der Waals surface area contributed by atoms with E-state index in [-0.39, 0.29) is 11.9 Å². The monoisotopic (exact) mass is 377 g/mol. The van der Waals surface area contributed by atoms with E-state index >= 15 is 0 Å². The summed E-state index contributed by atoms with van der Waals surface area (Å²) in [5.74, 6) is 1.65. The molecule has 4 rings (SSSR count). The summed E-state index contributed by atoms with van der Waals surface area (Å²) in [5.41, 5.74) is 1.45. The van der Waals surface area contributed by atoms with Crippen LogP contribution < -0.4 is 10.6 Å². The Balaban J connectivity index is 1.64. The molecule has 28 heavy (non-hydrogen) atoms. The zero-order valence-corrected chi connectivity index (χ0v) is 14.9. The Morgan fingerprint density at radius 2 is 1.86 bits per heavy atom. The molecule has 0 amide bonds. The molecular formula is C19H16FN7O. The first-order chi connectivity index (χ1) is 13.7. The molecule has 0 radical (unpaired) electrons. The first-order valence-corrected chi connectivity index (χ1v) is 8.50. The second kappa shape index (κ2) is 7.78. The number of hydrogen-bond acceptors (Lipinski definition) is 8. The summed E-state index contributed by atoms with van der Waals surface area (Å²) >= 11 is 0. The van der Waals surface area contributed by atoms with Crippen molar-refractivity contribution < 1.29 is 8.81 Å². The standard InChI is InChI=1S/C19H16FN7O/c1-12(13-2-4-14(20)5-3-13)24-19-25-15(16-9-22-11-28-16)8-17(27-19)26-18-10-21-6-7-23-18/h2-12H,1H3,(H2,23,24,25,26,27). The largest absolute Gasteiger partial charge is 0.442 e. The normalized spacial score (nSPS) is 11.8. The Morgan fingerprint density at radius 3 is 2.57 bits per heavy atom. The number of aromatic nitrogens is 5. The molecule has 0 aliphatic carbocycles. The van der Waals surface area contributed by atoms with Crippen LogP contribution in [0.3, 0.4) is 0 Å². The molecule has 0 aliphatic heterocycles. The zero-order chi connectivity index (χ0) is 19.3. The lowest BCUT2D eigenvalue weighted by Gasteiger charge is -2.16. The van der Waals surface area contributed by atoms with Crippen molar-refractivity contribution in [1.29, 1.82) is 0 Å². The van der Waals surface area contributed by atoms with E-state index in [1.54, 1.807) is 43.0 Å². The summed E-state index contributed by atoms with van der Waals surface area (Å²) in [7, 11) is 0. The zero-order valence-electron chi connectivity index (χ0n) is 14.9. The topological polar surface area (TPSA) is 102 Å². The van der Waals surface area contributed by atoms with Crippen molar-refractivity contribution in [2.45, 2.75) is 13.0 Å². The van der Waals surface area contributed by atoms with E-state index in [1.165, 1.54) is 18.5 Å². The van der Waals surface area contributed by atoms with Crippen LogP contribution in [0.15, 0.2) is 65.9 Å². The fourth-order valence-corrected chi connectivity index (χ4v) is 2.57. The van der Waals surface area contributed by atoms with E-state index in [4.69, 9.17) is 4.42 Å². The van der Waals surface area contributed by atoms with Gasteiger partial charge in [0.2, 0.25) is 5.95 Å². The summed E-state index contributed by atoms with van der Waals surface area (Å²) in [6.45, 7) is 1.94. The summed E-state index contributed by atoms with van der Waals surface area (Å²) in [6, 6.07) is 7.84. The Labute approximate surface area is 159 Å². The fourth-order valence-electron chi connectivity index (χ4n) is 2.57. The first kappa shape index (κ1) is 17.5. The smallest absolute Gasteiger partial charge is 0.225 e. The van der Waals surface area contributed by atoms with Gasteiger partial charge < -0.3 is 15.1 Å². The van der Waals surface area contributed by atoms with Gasteiger partial charge in [0.05, 0.1) is 18.4 Å². The summed E-state index contributed by atoms with van der Waals surface area (Å²) in [4.78, 5) is 21.1. The molecule has 0 fully saturated rings. The highest BCUT2D eigenvalue weighted by atomic mass is 19.1. The van der Waals surface area contributed by atoms with Gasteiger partial charge in [0.1, 0.15) is 23.1 Å². The molecule has 0 spiro atoms. The summed E-state index contributed by atoms with van der Waals surface area (Å²) < 4.78 is 18.5. The van der Waals surface area contributed by atoms with Crippen molar-refractivity contribution in [3.8, 4) is 11.5 Å². The van der Waals surface area contributed by atoms with Crippen LogP contribution in [0.4, 0.5) is 22.0 Å². The van der Waals surface area contributed by atoms with Gasteiger partial charge in [0.25, 0.3) is 0 Å². The van der Waals surface area contributed by atoms with Crippen molar-refractivity contribution in [1.82, 2.24) is 24.9 Å². The van der Waals surface area contributed by atoms with Crippen LogP contribution >= 0.6 is 0 Å². The van der Waals surface area contributed by atoms with Gasteiger partial charge in [-0.05, 0) is 24.6 Å². The molecule has 0 saturated carbocycles. The van der Waals surface area contributed by atoms with E-state index in [9.17, 15) is 4.39 Å². The predicted octanol–water partition coefficient (Wildman–Crippen LogP) is 3.98. The number of nitrogens with one attached hydrogen (secondary N) is 2. The molecule has 9 heteroatoms. The number of anilines is 3. The molecule has 4 aromatic rings. The molecule has 0 aliphatic rings. The highest BCUT2D eigenvalue weighted by Crippen LogP contribution is 2.25. The molecule has 3 aromatic heterocycles. The Bertz CT molecular complexity index is 1040. The van der Waals surface area contributed by atoms with Crippen molar-refractivity contribution in [2.24, 2.45) is 0 Å². The number of rotatable bonds is 6. The van der Waals surface area contributed by atoms with E-state index in [2.05, 4.69) is 35.6 Å². The minimum absolute atomic E-state index is 0.144. The maximum atomic E-state index is 13.2. The van der Waals surface area contributed by atoms with Crippen molar-refractivity contribution in [2.75, 3.05) is 10.6 Å². The van der Waals surface area contributed by atoms with Gasteiger partial charge in [-0.25, -0.2) is 19.3 Å². The molecule has 1 aromatic carbocycles. The third kappa shape index (κ3) is 4.09. The van der Waals surface area contributed by atoms with Crippen molar-refractivity contribution in [3.63, 3.8) is 0 Å². The minimum atomic E-state index is -0.282. The lowest BCUT2D eigenvalue weighted by molar-refractivity contribution is 0.569. The van der Waals surface area contributed by atoms with Crippen molar-refractivity contribution in [3.05, 3.63) is 72.9 Å². The predicted molar refractivity (Wildman–Crippen MR) is 101 cm³/mol. The lowest BCUT2D eigenvalue weighted by Crippen LogP contribution is -2.11. The van der Waals surface area contributed by atoms with Crippen LogP contribution in [0, 0.1) is 5.82 Å². The number of halogens is 1. The Morgan fingerprint density at radius 1 is 1.00 bits per heavy atom. The van der Waals surface area contributed by atoms with E-state index in [1.807, 2.05) is 6.92 Å². The number of hydrogen-bond donors (Lipinski definition) is 2. The third-order valence-corrected chi connectivity index (χ3v) is 3.95. The van der Waals surface area contributed by atoms with E-state index in [0.29, 0.717) is 29.0 Å². The second-order valence-corrected chi connectivity index (χ2v) is 5.96. The lowest BCUT2D eigenvalue weighted by atomic mass is 10.1. The van der Waals surface area contributed by atoms with Crippen LogP contribution in [0.5, 0.6) is 0 Å². The second-order valence-electron chi connectivity index (χ2n) is 5.96. The van der Waals surface area contributed by atoms with Gasteiger partial charge in [-0.1, -0.05) is 12.1 Å². The van der Waals surface area contributed by atoms with Gasteiger partial charge in [-0.3, -0.25) is 4.98 Å². The highest BCUT2D eigenvalue weighted by molar-refractivity contribution is 5.62. The maximum Gasteiger partial charge on any atom is 0.225 e. The molecule has 8 nitrogen and oxygen atoms in total. The molecule has 1 atom stereocenters. The van der Waals surface area contributed by atoms with Crippen LogP contribution in [0.25, 0.3) is 11.5 Å².